The van der Waals surface area contributed by atoms with Gasteiger partial charge in [-0.15, -0.1) is 0 Å². The van der Waals surface area contributed by atoms with E-state index in [4.69, 9.17) is 11.6 Å². The van der Waals surface area contributed by atoms with E-state index in [0.29, 0.717) is 5.70 Å². The molecule has 1 fully saturated rings. The lowest BCUT2D eigenvalue weighted by Crippen LogP contribution is -2.44. The number of carbonyl (C=O) groups is 2. The molecule has 0 amide bonds. The number of benzene rings is 1. The Bertz CT molecular complexity index is 746. The van der Waals surface area contributed by atoms with Gasteiger partial charge < -0.3 is 10.4 Å². The maximum Gasteiger partial charge on any atom is 0.337 e. The van der Waals surface area contributed by atoms with Gasteiger partial charge in [0.15, 0.2) is 5.78 Å². The molecule has 0 saturated heterocycles. The minimum Gasteiger partial charge on any atom is -0.478 e. The molecule has 1 heterocycles. The molecular formula is C20H24ClNO3. The smallest absolute Gasteiger partial charge is 0.337 e. The van der Waals surface area contributed by atoms with E-state index in [2.05, 4.69) is 19.2 Å². The molecule has 2 aliphatic rings. The van der Waals surface area contributed by atoms with Crippen LogP contribution in [0.15, 0.2) is 18.2 Å². The summed E-state index contributed by atoms with van der Waals surface area (Å²) in [5.74, 6) is -0.837. The van der Waals surface area contributed by atoms with Crippen LogP contribution in [0.1, 0.15) is 67.4 Å². The van der Waals surface area contributed by atoms with E-state index in [1.54, 1.807) is 18.2 Å². The van der Waals surface area contributed by atoms with Gasteiger partial charge in [-0.1, -0.05) is 30.9 Å². The summed E-state index contributed by atoms with van der Waals surface area (Å²) in [5, 5.41) is 13.0. The highest BCUT2D eigenvalue weighted by Gasteiger charge is 2.30. The van der Waals surface area contributed by atoms with Gasteiger partial charge in [-0.05, 0) is 50.8 Å². The second kappa shape index (κ2) is 6.83. The van der Waals surface area contributed by atoms with Crippen molar-refractivity contribution in [2.24, 2.45) is 5.92 Å². The first-order chi connectivity index (χ1) is 11.8. The summed E-state index contributed by atoms with van der Waals surface area (Å²) < 4.78 is 0. The average molecular weight is 362 g/mol. The number of carbonyl (C=O) groups excluding carboxylic acids is 1. The molecule has 1 aromatic rings. The number of hydrogen-bond acceptors (Lipinski definition) is 3. The minimum atomic E-state index is -1.06. The molecule has 0 radical (unpaired) electrons. The number of fused-ring (bicyclic) bond motifs is 1. The van der Waals surface area contributed by atoms with Crippen molar-refractivity contribution in [2.75, 3.05) is 0 Å². The fourth-order valence-electron chi connectivity index (χ4n) is 3.89. The predicted molar refractivity (Wildman–Crippen MR) is 98.9 cm³/mol. The van der Waals surface area contributed by atoms with Crippen molar-refractivity contribution in [3.8, 4) is 0 Å². The fraction of sp³-hybridized carbons (Fsp3) is 0.500. The highest BCUT2D eigenvalue weighted by molar-refractivity contribution is 6.33. The topological polar surface area (TPSA) is 66.4 Å². The second-order valence-electron chi connectivity index (χ2n) is 7.78. The summed E-state index contributed by atoms with van der Waals surface area (Å²) >= 11 is 6.14. The van der Waals surface area contributed by atoms with Crippen LogP contribution in [-0.2, 0) is 11.2 Å². The van der Waals surface area contributed by atoms with Crippen LogP contribution < -0.4 is 5.32 Å². The van der Waals surface area contributed by atoms with Gasteiger partial charge in [-0.3, -0.25) is 4.79 Å². The SMILES string of the molecule is CC1(C)Cc2cc(Cl)c(C(=O)O)cc2/C(=C/C(=O)C2CCCCC2)N1. The standard InChI is InChI=1S/C20H24ClNO3/c1-20(2)11-13-8-16(21)15(19(24)25)9-14(13)17(22-20)10-18(23)12-6-4-3-5-7-12/h8-10,12,22H,3-7,11H2,1-2H3,(H,24,25)/b17-10-. The summed E-state index contributed by atoms with van der Waals surface area (Å²) in [6.45, 7) is 4.13. The zero-order valence-electron chi connectivity index (χ0n) is 14.7. The van der Waals surface area contributed by atoms with Crippen LogP contribution >= 0.6 is 11.6 Å². The molecule has 0 unspecified atom stereocenters. The van der Waals surface area contributed by atoms with Crippen LogP contribution in [0.2, 0.25) is 5.02 Å². The van der Waals surface area contributed by atoms with E-state index in [-0.39, 0.29) is 27.8 Å². The number of hydrogen-bond donors (Lipinski definition) is 2. The number of allylic oxidation sites excluding steroid dienone is 1. The molecule has 1 aliphatic carbocycles. The highest BCUT2D eigenvalue weighted by Crippen LogP contribution is 2.34. The summed E-state index contributed by atoms with van der Waals surface area (Å²) in [6.07, 6.45) is 7.70. The summed E-state index contributed by atoms with van der Waals surface area (Å²) in [4.78, 5) is 24.1. The molecular weight excluding hydrogens is 338 g/mol. The largest absolute Gasteiger partial charge is 0.478 e. The maximum absolute atomic E-state index is 12.7. The Kier molecular flexibility index (Phi) is 4.92. The van der Waals surface area contributed by atoms with Crippen molar-refractivity contribution < 1.29 is 14.7 Å². The number of aromatic carboxylic acids is 1. The van der Waals surface area contributed by atoms with E-state index in [0.717, 1.165) is 43.2 Å². The van der Waals surface area contributed by atoms with Crippen LogP contribution in [0.25, 0.3) is 5.70 Å². The number of halogens is 1. The van der Waals surface area contributed by atoms with Crippen molar-refractivity contribution in [1.29, 1.82) is 0 Å². The molecule has 0 atom stereocenters. The van der Waals surface area contributed by atoms with Crippen LogP contribution in [0.3, 0.4) is 0 Å². The molecule has 3 rings (SSSR count). The Balaban J connectivity index is 2.02. The van der Waals surface area contributed by atoms with Crippen molar-refractivity contribution in [3.63, 3.8) is 0 Å². The number of ketones is 1. The maximum atomic E-state index is 12.7. The van der Waals surface area contributed by atoms with E-state index >= 15 is 0 Å². The number of nitrogens with one attached hydrogen (secondary N) is 1. The lowest BCUT2D eigenvalue weighted by molar-refractivity contribution is -0.119. The van der Waals surface area contributed by atoms with E-state index < -0.39 is 5.97 Å². The molecule has 5 heteroatoms. The van der Waals surface area contributed by atoms with Gasteiger partial charge in [0.05, 0.1) is 10.6 Å². The minimum absolute atomic E-state index is 0.0675. The average Bonchev–Trinajstić information content (AvgIpc) is 2.53. The summed E-state index contributed by atoms with van der Waals surface area (Å²) in [5.41, 5.74) is 2.30. The van der Waals surface area contributed by atoms with Crippen molar-refractivity contribution >= 4 is 29.1 Å². The zero-order valence-corrected chi connectivity index (χ0v) is 15.4. The van der Waals surface area contributed by atoms with Gasteiger partial charge in [0.2, 0.25) is 0 Å². The Morgan fingerprint density at radius 1 is 1.24 bits per heavy atom. The number of rotatable bonds is 3. The fourth-order valence-corrected chi connectivity index (χ4v) is 4.16. The molecule has 25 heavy (non-hydrogen) atoms. The third-order valence-corrected chi connectivity index (χ3v) is 5.43. The van der Waals surface area contributed by atoms with Crippen molar-refractivity contribution in [1.82, 2.24) is 5.32 Å². The molecule has 134 valence electrons. The quantitative estimate of drug-likeness (QED) is 0.780. The van der Waals surface area contributed by atoms with E-state index in [1.165, 1.54) is 6.42 Å². The monoisotopic (exact) mass is 361 g/mol. The van der Waals surface area contributed by atoms with Gasteiger partial charge in [0.1, 0.15) is 0 Å². The van der Waals surface area contributed by atoms with Crippen molar-refractivity contribution in [3.05, 3.63) is 39.9 Å². The zero-order chi connectivity index (χ0) is 18.2. The van der Waals surface area contributed by atoms with Gasteiger partial charge in [-0.2, -0.15) is 0 Å². The molecule has 0 spiro atoms. The molecule has 0 bridgehead atoms. The van der Waals surface area contributed by atoms with Gasteiger partial charge >= 0.3 is 5.97 Å². The predicted octanol–water partition coefficient (Wildman–Crippen LogP) is 4.45. The lowest BCUT2D eigenvalue weighted by atomic mass is 9.82. The van der Waals surface area contributed by atoms with Gasteiger partial charge in [-0.25, -0.2) is 4.79 Å². The van der Waals surface area contributed by atoms with Gasteiger partial charge in [0, 0.05) is 28.8 Å². The third-order valence-electron chi connectivity index (χ3n) is 5.11. The molecule has 1 aromatic carbocycles. The first-order valence-corrected chi connectivity index (χ1v) is 9.24. The Labute approximate surface area is 153 Å². The second-order valence-corrected chi connectivity index (χ2v) is 8.18. The van der Waals surface area contributed by atoms with Crippen LogP contribution in [0, 0.1) is 5.92 Å². The molecule has 1 aliphatic heterocycles. The third kappa shape index (κ3) is 3.90. The first-order valence-electron chi connectivity index (χ1n) is 8.87. The summed E-state index contributed by atoms with van der Waals surface area (Å²) in [7, 11) is 0. The Morgan fingerprint density at radius 2 is 1.92 bits per heavy atom. The normalized spacial score (nSPS) is 21.5. The Hall–Kier alpha value is -1.81. The Morgan fingerprint density at radius 3 is 2.56 bits per heavy atom. The molecule has 1 saturated carbocycles. The van der Waals surface area contributed by atoms with Crippen molar-refractivity contribution in [2.45, 2.75) is 57.9 Å². The first kappa shape index (κ1) is 18.0. The molecule has 0 aromatic heterocycles. The lowest BCUT2D eigenvalue weighted by Gasteiger charge is -2.36. The van der Waals surface area contributed by atoms with E-state index in [9.17, 15) is 14.7 Å². The number of carboxylic acids is 1. The van der Waals surface area contributed by atoms with Crippen LogP contribution in [-0.4, -0.2) is 22.4 Å². The van der Waals surface area contributed by atoms with E-state index in [1.807, 2.05) is 0 Å². The highest BCUT2D eigenvalue weighted by atomic mass is 35.5. The van der Waals surface area contributed by atoms with Crippen LogP contribution in [0.5, 0.6) is 0 Å². The number of carboxylic acid groups (broad SMARTS) is 1. The molecule has 4 nitrogen and oxygen atoms in total. The van der Waals surface area contributed by atoms with Crippen LogP contribution in [0.4, 0.5) is 0 Å². The molecule has 2 N–H and O–H groups in total. The van der Waals surface area contributed by atoms with Gasteiger partial charge in [0.25, 0.3) is 0 Å². The summed E-state index contributed by atoms with van der Waals surface area (Å²) in [6, 6.07) is 3.31.